The van der Waals surface area contributed by atoms with E-state index in [1.165, 1.54) is 87.5 Å². The van der Waals surface area contributed by atoms with E-state index in [-0.39, 0.29) is 21.2 Å². The Morgan fingerprint density at radius 2 is 0.815 bits per heavy atom. The van der Waals surface area contributed by atoms with Gasteiger partial charge in [-0.05, 0) is 85.3 Å². The predicted molar refractivity (Wildman–Crippen MR) is 221 cm³/mol. The second-order valence-electron chi connectivity index (χ2n) is 14.4. The summed E-state index contributed by atoms with van der Waals surface area (Å²) in [6, 6.07) is 34.6. The maximum Gasteiger partial charge on any atom is 0.278 e. The first-order valence-electron chi connectivity index (χ1n) is 19.8. The van der Waals surface area contributed by atoms with E-state index in [1.807, 2.05) is 24.3 Å². The number of nitro benzene ring substituents is 2. The molecule has 0 saturated carbocycles. The number of unbranched alkanes of at least 4 members (excludes halogenated alkanes) is 10. The van der Waals surface area contributed by atoms with E-state index in [9.17, 15) is 20.2 Å². The summed E-state index contributed by atoms with van der Waals surface area (Å²) in [4.78, 5) is 24.0. The molecule has 6 aromatic rings. The average molecular weight is 725 g/mol. The zero-order valence-electron chi connectivity index (χ0n) is 31.7. The van der Waals surface area contributed by atoms with Gasteiger partial charge in [-0.3, -0.25) is 20.2 Å². The summed E-state index contributed by atoms with van der Waals surface area (Å²) in [5.41, 5.74) is 8.24. The van der Waals surface area contributed by atoms with Gasteiger partial charge in [-0.1, -0.05) is 127 Å². The second-order valence-corrected chi connectivity index (χ2v) is 14.4. The molecule has 8 heteroatoms. The van der Waals surface area contributed by atoms with E-state index >= 15 is 0 Å². The highest BCUT2D eigenvalue weighted by molar-refractivity contribution is 5.95. The predicted octanol–water partition coefficient (Wildman–Crippen LogP) is 13.4. The molecule has 0 aliphatic rings. The Hall–Kier alpha value is -5.50. The third-order valence-corrected chi connectivity index (χ3v) is 10.6. The largest absolute Gasteiger partial charge is 0.307 e. The van der Waals surface area contributed by atoms with Crippen LogP contribution in [0.2, 0.25) is 0 Å². The van der Waals surface area contributed by atoms with Crippen LogP contribution in [0.25, 0.3) is 44.9 Å². The highest BCUT2D eigenvalue weighted by atomic mass is 16.6. The Morgan fingerprint density at radius 1 is 0.463 bits per heavy atom. The number of aromatic nitrogens is 2. The minimum Gasteiger partial charge on any atom is -0.307 e. The van der Waals surface area contributed by atoms with Gasteiger partial charge in [0.1, 0.15) is 0 Å². The third kappa shape index (κ3) is 8.82. The van der Waals surface area contributed by atoms with Gasteiger partial charge < -0.3 is 9.13 Å². The normalized spacial score (nSPS) is 11.4. The van der Waals surface area contributed by atoms with Crippen molar-refractivity contribution in [1.29, 1.82) is 0 Å². The van der Waals surface area contributed by atoms with Gasteiger partial charge in [0.25, 0.3) is 11.4 Å². The van der Waals surface area contributed by atoms with Crippen molar-refractivity contribution >= 4 is 22.4 Å². The van der Waals surface area contributed by atoms with Crippen LogP contribution in [0.3, 0.4) is 0 Å². The number of nitro groups is 2. The van der Waals surface area contributed by atoms with Crippen molar-refractivity contribution in [2.24, 2.45) is 0 Å². The molecule has 0 aliphatic heterocycles. The molecule has 6 rings (SSSR count). The van der Waals surface area contributed by atoms with E-state index in [0.717, 1.165) is 48.1 Å². The maximum atomic E-state index is 12.4. The van der Waals surface area contributed by atoms with Crippen LogP contribution in [0, 0.1) is 20.2 Å². The lowest BCUT2D eigenvalue weighted by atomic mass is 10.0. The van der Waals surface area contributed by atoms with E-state index in [2.05, 4.69) is 71.5 Å². The van der Waals surface area contributed by atoms with Gasteiger partial charge in [0.2, 0.25) is 0 Å². The van der Waals surface area contributed by atoms with Crippen molar-refractivity contribution < 1.29 is 9.85 Å². The van der Waals surface area contributed by atoms with Crippen LogP contribution in [0.4, 0.5) is 11.4 Å². The Balaban J connectivity index is 1.47. The summed E-state index contributed by atoms with van der Waals surface area (Å²) in [7, 11) is 0. The fourth-order valence-electron chi connectivity index (χ4n) is 7.65. The fourth-order valence-corrected chi connectivity index (χ4v) is 7.65. The number of aryl methyl sites for hydroxylation is 2. The number of hydrogen-bond donors (Lipinski definition) is 0. The molecule has 0 unspecified atom stereocenters. The van der Waals surface area contributed by atoms with E-state index < -0.39 is 0 Å². The topological polar surface area (TPSA) is 96.1 Å². The van der Waals surface area contributed by atoms with Crippen molar-refractivity contribution in [3.05, 3.63) is 141 Å². The lowest BCUT2D eigenvalue weighted by Crippen LogP contribution is -2.00. The fraction of sp³-hybridized carbons (Fsp3) is 0.348. The quantitative estimate of drug-likeness (QED) is 0.0445. The number of nitrogens with zero attached hydrogens (tertiary/aromatic N) is 4. The maximum absolute atomic E-state index is 12.4. The molecule has 0 fully saturated rings. The molecule has 8 nitrogen and oxygen atoms in total. The highest BCUT2D eigenvalue weighted by Gasteiger charge is 2.27. The van der Waals surface area contributed by atoms with Crippen molar-refractivity contribution in [3.8, 4) is 33.9 Å². The molecule has 0 atom stereocenters. The van der Waals surface area contributed by atoms with Crippen LogP contribution in [0.5, 0.6) is 0 Å². The van der Waals surface area contributed by atoms with Crippen molar-refractivity contribution in [1.82, 2.24) is 9.13 Å². The van der Waals surface area contributed by atoms with Gasteiger partial charge in [0.15, 0.2) is 0 Å². The molecular weight excluding hydrogens is 673 g/mol. The first kappa shape index (κ1) is 38.2. The minimum absolute atomic E-state index is 0.0168. The SMILES string of the molecule is CCCCCCCCc1ccc(-n2c(-c3ccccc3[N+](=O)[O-])cc3c2cc(-c2ccccc2[N+](=O)[O-])n3-c2ccc(CCCCCCCC)cc2)cc1. The van der Waals surface area contributed by atoms with Gasteiger partial charge in [0, 0.05) is 23.5 Å². The van der Waals surface area contributed by atoms with Gasteiger partial charge in [-0.25, -0.2) is 0 Å². The lowest BCUT2D eigenvalue weighted by Gasteiger charge is -2.13. The zero-order valence-corrected chi connectivity index (χ0v) is 31.7. The van der Waals surface area contributed by atoms with E-state index in [0.29, 0.717) is 22.5 Å². The Morgan fingerprint density at radius 3 is 1.19 bits per heavy atom. The molecule has 0 saturated heterocycles. The average Bonchev–Trinajstić information content (AvgIpc) is 3.74. The highest BCUT2D eigenvalue weighted by Crippen LogP contribution is 2.42. The van der Waals surface area contributed by atoms with Crippen molar-refractivity contribution in [3.63, 3.8) is 0 Å². The standard InChI is InChI=1S/C46H52N4O4/c1-3-5-7-9-11-13-19-35-25-29-37(30-26-35)47-43(39-21-15-17-23-41(39)49(51)52)33-46-45(47)34-44(40-22-16-18-24-42(40)50(53)54)48(46)38-31-27-36(28-32-38)20-14-12-10-8-6-4-2/h15-18,21-34H,3-14,19-20H2,1-2H3. The van der Waals surface area contributed by atoms with Gasteiger partial charge in [-0.15, -0.1) is 0 Å². The number of para-hydroxylation sites is 2. The molecule has 0 aliphatic carbocycles. The van der Waals surface area contributed by atoms with Crippen LogP contribution in [-0.2, 0) is 12.8 Å². The first-order chi connectivity index (χ1) is 26.4. The lowest BCUT2D eigenvalue weighted by molar-refractivity contribution is -0.384. The number of benzene rings is 4. The van der Waals surface area contributed by atoms with Crippen LogP contribution in [0.15, 0.2) is 109 Å². The summed E-state index contributed by atoms with van der Waals surface area (Å²) < 4.78 is 4.13. The van der Waals surface area contributed by atoms with Crippen molar-refractivity contribution in [2.45, 2.75) is 104 Å². The van der Waals surface area contributed by atoms with Gasteiger partial charge >= 0.3 is 0 Å². The van der Waals surface area contributed by atoms with E-state index in [1.54, 1.807) is 24.3 Å². The number of fused-ring (bicyclic) bond motifs is 1. The summed E-state index contributed by atoms with van der Waals surface area (Å²) >= 11 is 0. The molecule has 2 heterocycles. The van der Waals surface area contributed by atoms with E-state index in [4.69, 9.17) is 0 Å². The summed E-state index contributed by atoms with van der Waals surface area (Å²) in [5, 5.41) is 24.7. The van der Waals surface area contributed by atoms with Gasteiger partial charge in [0.05, 0.1) is 43.4 Å². The van der Waals surface area contributed by atoms with Crippen LogP contribution in [0.1, 0.15) is 102 Å². The molecule has 4 aromatic carbocycles. The summed E-state index contributed by atoms with van der Waals surface area (Å²) in [5.74, 6) is 0. The molecule has 0 bridgehead atoms. The van der Waals surface area contributed by atoms with Crippen LogP contribution < -0.4 is 0 Å². The number of hydrogen-bond acceptors (Lipinski definition) is 4. The zero-order chi connectivity index (χ0) is 37.9. The monoisotopic (exact) mass is 724 g/mol. The molecule has 0 N–H and O–H groups in total. The molecule has 280 valence electrons. The second kappa shape index (κ2) is 18.5. The van der Waals surface area contributed by atoms with Crippen LogP contribution >= 0.6 is 0 Å². The first-order valence-corrected chi connectivity index (χ1v) is 19.8. The summed E-state index contributed by atoms with van der Waals surface area (Å²) in [6.07, 6.45) is 16.8. The summed E-state index contributed by atoms with van der Waals surface area (Å²) in [6.45, 7) is 4.47. The van der Waals surface area contributed by atoms with Crippen molar-refractivity contribution in [2.75, 3.05) is 0 Å². The Labute approximate surface area is 318 Å². The smallest absolute Gasteiger partial charge is 0.278 e. The Bertz CT molecular complexity index is 2010. The Kier molecular flexibility index (Phi) is 13.1. The minimum atomic E-state index is -0.337. The molecule has 0 radical (unpaired) electrons. The van der Waals surface area contributed by atoms with Gasteiger partial charge in [-0.2, -0.15) is 0 Å². The molecular formula is C46H52N4O4. The third-order valence-electron chi connectivity index (χ3n) is 10.6. The molecule has 0 amide bonds. The number of rotatable bonds is 20. The molecule has 54 heavy (non-hydrogen) atoms. The molecule has 0 spiro atoms. The van der Waals surface area contributed by atoms with Crippen LogP contribution in [-0.4, -0.2) is 19.0 Å². The molecule has 2 aromatic heterocycles.